The molecule has 0 radical (unpaired) electrons. The Kier molecular flexibility index (Phi) is 7.11. The standard InChI is InChI=1S/C31H27BrCl2FN3O6/c32-15-37-28(42)30(33)14-21-19(25(31(30,34)29(37)43)16-1-8-23(39)22(35)13-16)6-7-20-24(21)27(41)38(26(20)40)18-4-2-17(3-5-18)36-9-11-44-12-10-36/h1-6,8,13,20-21,24-25,39H,7,9-12,14-15H2/t20-,21+,24-,25-,30+,31-/m0/s1. The highest BCUT2D eigenvalue weighted by molar-refractivity contribution is 9.09. The Morgan fingerprint density at radius 1 is 0.955 bits per heavy atom. The molecule has 7 rings (SSSR count). The first-order valence-corrected chi connectivity index (χ1v) is 16.2. The fourth-order valence-electron chi connectivity index (χ4n) is 7.72. The molecule has 13 heteroatoms. The molecular formula is C31H27BrCl2FN3O6. The second kappa shape index (κ2) is 10.5. The molecule has 44 heavy (non-hydrogen) atoms. The van der Waals surface area contributed by atoms with Crippen molar-refractivity contribution in [3.63, 3.8) is 0 Å². The number of hydrogen-bond acceptors (Lipinski definition) is 7. The quantitative estimate of drug-likeness (QED) is 0.219. The molecule has 1 N–H and O–H groups in total. The van der Waals surface area contributed by atoms with Gasteiger partial charge in [-0.15, -0.1) is 23.2 Å². The van der Waals surface area contributed by atoms with Gasteiger partial charge in [0.25, 0.3) is 11.8 Å². The van der Waals surface area contributed by atoms with E-state index in [9.17, 15) is 28.7 Å². The Morgan fingerprint density at radius 2 is 1.64 bits per heavy atom. The second-order valence-electron chi connectivity index (χ2n) is 11.8. The number of nitrogens with zero attached hydrogens (tertiary/aromatic N) is 3. The lowest BCUT2D eigenvalue weighted by molar-refractivity contribution is -0.138. The number of rotatable bonds is 4. The van der Waals surface area contributed by atoms with Gasteiger partial charge in [0.2, 0.25) is 11.8 Å². The number of benzene rings is 2. The summed E-state index contributed by atoms with van der Waals surface area (Å²) in [6, 6.07) is 10.9. The molecule has 5 aliphatic rings. The second-order valence-corrected chi connectivity index (χ2v) is 13.6. The number of anilines is 2. The monoisotopic (exact) mass is 705 g/mol. The number of morpholine rings is 1. The van der Waals surface area contributed by atoms with Gasteiger partial charge in [0.1, 0.15) is 0 Å². The van der Waals surface area contributed by atoms with Crippen LogP contribution < -0.4 is 9.80 Å². The molecule has 0 aromatic heterocycles. The number of hydrogen-bond donors (Lipinski definition) is 1. The fourth-order valence-corrected chi connectivity index (χ4v) is 9.14. The number of aromatic hydroxyl groups is 1. The van der Waals surface area contributed by atoms with Crippen LogP contribution in [0, 0.1) is 23.6 Å². The first kappa shape index (κ1) is 29.7. The number of allylic oxidation sites excluding steroid dienone is 2. The highest BCUT2D eigenvalue weighted by Crippen LogP contribution is 2.65. The zero-order chi connectivity index (χ0) is 31.1. The van der Waals surface area contributed by atoms with E-state index < -0.39 is 62.7 Å². The molecule has 0 spiro atoms. The first-order valence-electron chi connectivity index (χ1n) is 14.3. The molecule has 6 atom stereocenters. The smallest absolute Gasteiger partial charge is 0.254 e. The molecule has 4 amide bonds. The first-order chi connectivity index (χ1) is 21.0. The SMILES string of the molecule is O=C1[C@H]2[C@H](CC=C3[C@H]2C[C@@]2(Cl)C(=O)N(CBr)C(=O)[C@@]2(Cl)[C@H]3c2ccc(O)c(F)c2)C(=O)N1c1ccc(N2CCOCC2)cc1. The van der Waals surface area contributed by atoms with Crippen LogP contribution in [0.25, 0.3) is 0 Å². The number of fused-ring (bicyclic) bond motifs is 4. The van der Waals surface area contributed by atoms with Gasteiger partial charge in [-0.3, -0.25) is 29.0 Å². The van der Waals surface area contributed by atoms with Gasteiger partial charge in [0.05, 0.1) is 36.2 Å². The molecule has 4 fully saturated rings. The summed E-state index contributed by atoms with van der Waals surface area (Å²) in [6.07, 6.45) is 1.80. The van der Waals surface area contributed by atoms with Crippen molar-refractivity contribution in [3.05, 3.63) is 65.5 Å². The average molecular weight is 707 g/mol. The number of carbonyl (C=O) groups is 4. The number of amides is 4. The third-order valence-electron chi connectivity index (χ3n) is 9.80. The minimum atomic E-state index is -2.04. The lowest BCUT2D eigenvalue weighted by atomic mass is 9.56. The number of phenols is 1. The number of phenolic OH excluding ortho intramolecular Hbond substituents is 1. The summed E-state index contributed by atoms with van der Waals surface area (Å²) in [5.41, 5.74) is 2.00. The molecule has 3 heterocycles. The van der Waals surface area contributed by atoms with Crippen molar-refractivity contribution in [3.8, 4) is 5.75 Å². The third kappa shape index (κ3) is 3.98. The van der Waals surface area contributed by atoms with E-state index in [-0.39, 0.29) is 29.8 Å². The van der Waals surface area contributed by atoms with Gasteiger partial charge in [-0.1, -0.05) is 33.6 Å². The lowest BCUT2D eigenvalue weighted by Gasteiger charge is -2.50. The molecule has 0 unspecified atom stereocenters. The summed E-state index contributed by atoms with van der Waals surface area (Å²) >= 11 is 17.5. The van der Waals surface area contributed by atoms with Crippen LogP contribution in [-0.2, 0) is 23.9 Å². The minimum absolute atomic E-state index is 0.161. The van der Waals surface area contributed by atoms with Crippen LogP contribution in [0.4, 0.5) is 15.8 Å². The number of halogens is 4. The van der Waals surface area contributed by atoms with E-state index in [2.05, 4.69) is 20.8 Å². The van der Waals surface area contributed by atoms with Crippen LogP contribution in [-0.4, -0.2) is 75.1 Å². The van der Waals surface area contributed by atoms with Crippen LogP contribution in [0.3, 0.4) is 0 Å². The maximum absolute atomic E-state index is 14.7. The van der Waals surface area contributed by atoms with Crippen molar-refractivity contribution in [1.82, 2.24) is 4.90 Å². The van der Waals surface area contributed by atoms with Gasteiger partial charge in [-0.25, -0.2) is 4.39 Å². The predicted octanol–water partition coefficient (Wildman–Crippen LogP) is 4.28. The minimum Gasteiger partial charge on any atom is -0.505 e. The van der Waals surface area contributed by atoms with E-state index in [1.165, 1.54) is 11.0 Å². The number of likely N-dealkylation sites (tertiary alicyclic amines) is 1. The van der Waals surface area contributed by atoms with Crippen LogP contribution in [0.5, 0.6) is 5.75 Å². The fraction of sp³-hybridized carbons (Fsp3) is 0.419. The Labute approximate surface area is 270 Å². The topological polar surface area (TPSA) is 107 Å². The maximum Gasteiger partial charge on any atom is 0.254 e. The van der Waals surface area contributed by atoms with Gasteiger partial charge < -0.3 is 14.7 Å². The summed E-state index contributed by atoms with van der Waals surface area (Å²) in [5, 5.41) is 9.89. The largest absolute Gasteiger partial charge is 0.505 e. The van der Waals surface area contributed by atoms with E-state index in [1.807, 2.05) is 12.1 Å². The molecule has 230 valence electrons. The van der Waals surface area contributed by atoms with E-state index in [1.54, 1.807) is 18.2 Å². The molecule has 3 saturated heterocycles. The number of imide groups is 2. The Bertz CT molecular complexity index is 1630. The van der Waals surface area contributed by atoms with E-state index in [4.69, 9.17) is 27.9 Å². The predicted molar refractivity (Wildman–Crippen MR) is 163 cm³/mol. The normalized spacial score (nSPS) is 33.4. The zero-order valence-corrected chi connectivity index (χ0v) is 26.3. The van der Waals surface area contributed by atoms with E-state index >= 15 is 0 Å². The van der Waals surface area contributed by atoms with Gasteiger partial charge in [0.15, 0.2) is 21.3 Å². The molecular weight excluding hydrogens is 680 g/mol. The van der Waals surface area contributed by atoms with Crippen molar-refractivity contribution in [2.75, 3.05) is 41.6 Å². The molecule has 0 bridgehead atoms. The highest BCUT2D eigenvalue weighted by atomic mass is 79.9. The molecule has 2 aliphatic carbocycles. The van der Waals surface area contributed by atoms with Gasteiger partial charge in [0, 0.05) is 24.7 Å². The summed E-state index contributed by atoms with van der Waals surface area (Å²) < 4.78 is 20.2. The molecule has 3 aliphatic heterocycles. The lowest BCUT2D eigenvalue weighted by Crippen LogP contribution is -2.60. The van der Waals surface area contributed by atoms with E-state index in [0.717, 1.165) is 35.8 Å². The zero-order valence-electron chi connectivity index (χ0n) is 23.2. The third-order valence-corrected chi connectivity index (χ3v) is 11.7. The summed E-state index contributed by atoms with van der Waals surface area (Å²) in [6.45, 7) is 2.72. The summed E-state index contributed by atoms with van der Waals surface area (Å²) in [7, 11) is 0. The molecule has 2 aromatic carbocycles. The maximum atomic E-state index is 14.7. The average Bonchev–Trinajstić information content (AvgIpc) is 3.36. The van der Waals surface area contributed by atoms with Crippen molar-refractivity contribution in [2.45, 2.75) is 28.5 Å². The Balaban J connectivity index is 1.29. The summed E-state index contributed by atoms with van der Waals surface area (Å²) in [5.74, 6) is -7.22. The van der Waals surface area contributed by atoms with Crippen molar-refractivity contribution < 1.29 is 33.4 Å². The van der Waals surface area contributed by atoms with Crippen molar-refractivity contribution in [1.29, 1.82) is 0 Å². The van der Waals surface area contributed by atoms with Crippen LogP contribution in [0.2, 0.25) is 0 Å². The number of ether oxygens (including phenoxy) is 1. The number of alkyl halides is 3. The van der Waals surface area contributed by atoms with Gasteiger partial charge >= 0.3 is 0 Å². The molecule has 9 nitrogen and oxygen atoms in total. The Hall–Kier alpha value is -2.99. The van der Waals surface area contributed by atoms with Crippen LogP contribution in [0.1, 0.15) is 24.3 Å². The van der Waals surface area contributed by atoms with Crippen molar-refractivity contribution >= 4 is 74.1 Å². The van der Waals surface area contributed by atoms with Gasteiger partial charge in [-0.2, -0.15) is 0 Å². The highest BCUT2D eigenvalue weighted by Gasteiger charge is 2.76. The van der Waals surface area contributed by atoms with Crippen LogP contribution >= 0.6 is 39.1 Å². The summed E-state index contributed by atoms with van der Waals surface area (Å²) in [4.78, 5) is 55.8. The molecule has 1 saturated carbocycles. The molecule has 2 aromatic rings. The Morgan fingerprint density at radius 3 is 2.30 bits per heavy atom. The van der Waals surface area contributed by atoms with Crippen molar-refractivity contribution in [2.24, 2.45) is 17.8 Å². The van der Waals surface area contributed by atoms with E-state index in [0.29, 0.717) is 24.5 Å². The van der Waals surface area contributed by atoms with Crippen LogP contribution in [0.15, 0.2) is 54.1 Å². The van der Waals surface area contributed by atoms with Gasteiger partial charge in [-0.05, 0) is 60.7 Å². The number of carbonyl (C=O) groups excluding carboxylic acids is 4.